The summed E-state index contributed by atoms with van der Waals surface area (Å²) in [6, 6.07) is 0. The lowest BCUT2D eigenvalue weighted by Crippen LogP contribution is -2.33. The van der Waals surface area contributed by atoms with Gasteiger partial charge in [0.2, 0.25) is 5.91 Å². The van der Waals surface area contributed by atoms with E-state index in [9.17, 15) is 4.79 Å². The SMILES string of the molecule is CCCN(CCC)C(=O)Cc1cn2ccsc2n1. The average molecular weight is 265 g/mol. The van der Waals surface area contributed by atoms with Crippen molar-refractivity contribution in [2.75, 3.05) is 13.1 Å². The number of hydrogen-bond donors (Lipinski definition) is 0. The zero-order valence-corrected chi connectivity index (χ0v) is 11.7. The van der Waals surface area contributed by atoms with Crippen LogP contribution in [0.15, 0.2) is 17.8 Å². The Morgan fingerprint density at radius 3 is 2.72 bits per heavy atom. The molecule has 0 unspecified atom stereocenters. The largest absolute Gasteiger partial charge is 0.342 e. The minimum absolute atomic E-state index is 0.185. The van der Waals surface area contributed by atoms with E-state index in [1.54, 1.807) is 11.3 Å². The number of aromatic nitrogens is 2. The summed E-state index contributed by atoms with van der Waals surface area (Å²) in [6.07, 6.45) is 6.33. The molecule has 0 aliphatic heterocycles. The molecule has 0 atom stereocenters. The Balaban J connectivity index is 2.02. The molecule has 18 heavy (non-hydrogen) atoms. The lowest BCUT2D eigenvalue weighted by molar-refractivity contribution is -0.130. The Morgan fingerprint density at radius 1 is 1.39 bits per heavy atom. The molecule has 0 aliphatic carbocycles. The summed E-state index contributed by atoms with van der Waals surface area (Å²) in [5.41, 5.74) is 0.865. The third kappa shape index (κ3) is 2.90. The van der Waals surface area contributed by atoms with Crippen molar-refractivity contribution < 1.29 is 4.79 Å². The number of nitrogens with zero attached hydrogens (tertiary/aromatic N) is 3. The lowest BCUT2D eigenvalue weighted by Gasteiger charge is -2.20. The van der Waals surface area contributed by atoms with Crippen LogP contribution in [-0.2, 0) is 11.2 Å². The number of imidazole rings is 1. The molecule has 0 saturated heterocycles. The summed E-state index contributed by atoms with van der Waals surface area (Å²) < 4.78 is 1.97. The van der Waals surface area contributed by atoms with Crippen molar-refractivity contribution in [2.24, 2.45) is 0 Å². The van der Waals surface area contributed by atoms with Gasteiger partial charge in [-0.1, -0.05) is 13.8 Å². The molecule has 2 rings (SSSR count). The van der Waals surface area contributed by atoms with Crippen molar-refractivity contribution in [3.8, 4) is 0 Å². The number of carbonyl (C=O) groups is 1. The number of carbonyl (C=O) groups excluding carboxylic acids is 1. The van der Waals surface area contributed by atoms with Gasteiger partial charge in [0, 0.05) is 30.9 Å². The molecule has 2 aromatic heterocycles. The van der Waals surface area contributed by atoms with E-state index >= 15 is 0 Å². The van der Waals surface area contributed by atoms with E-state index in [2.05, 4.69) is 18.8 Å². The molecule has 1 amide bonds. The van der Waals surface area contributed by atoms with Crippen molar-refractivity contribution in [3.05, 3.63) is 23.5 Å². The first-order valence-electron chi connectivity index (χ1n) is 6.43. The summed E-state index contributed by atoms with van der Waals surface area (Å²) in [5, 5.41) is 1.99. The predicted molar refractivity (Wildman–Crippen MR) is 73.9 cm³/mol. The molecular formula is C13H19N3OS. The van der Waals surface area contributed by atoms with Gasteiger partial charge in [-0.2, -0.15) is 0 Å². The van der Waals surface area contributed by atoms with Gasteiger partial charge >= 0.3 is 0 Å². The lowest BCUT2D eigenvalue weighted by atomic mass is 10.2. The summed E-state index contributed by atoms with van der Waals surface area (Å²) >= 11 is 1.59. The normalized spacial score (nSPS) is 11.0. The van der Waals surface area contributed by atoms with Gasteiger partial charge in [-0.3, -0.25) is 9.20 Å². The van der Waals surface area contributed by atoms with Crippen LogP contribution in [0.3, 0.4) is 0 Å². The van der Waals surface area contributed by atoms with Crippen LogP contribution in [0, 0.1) is 0 Å². The highest BCUT2D eigenvalue weighted by Crippen LogP contribution is 2.12. The van der Waals surface area contributed by atoms with E-state index in [4.69, 9.17) is 0 Å². The first-order chi connectivity index (χ1) is 8.74. The van der Waals surface area contributed by atoms with Gasteiger partial charge in [0.15, 0.2) is 4.96 Å². The number of rotatable bonds is 6. The monoisotopic (exact) mass is 265 g/mol. The minimum Gasteiger partial charge on any atom is -0.342 e. The molecule has 0 aliphatic rings. The van der Waals surface area contributed by atoms with Crippen molar-refractivity contribution in [2.45, 2.75) is 33.1 Å². The molecule has 0 fully saturated rings. The van der Waals surface area contributed by atoms with E-state index in [-0.39, 0.29) is 5.91 Å². The molecule has 0 radical (unpaired) electrons. The molecule has 4 nitrogen and oxygen atoms in total. The summed E-state index contributed by atoms with van der Waals surface area (Å²) in [4.78, 5) is 19.5. The van der Waals surface area contributed by atoms with Gasteiger partial charge in [-0.25, -0.2) is 4.98 Å². The van der Waals surface area contributed by atoms with Crippen LogP contribution >= 0.6 is 11.3 Å². The van der Waals surface area contributed by atoms with Crippen LogP contribution in [0.25, 0.3) is 4.96 Å². The summed E-state index contributed by atoms with van der Waals surface area (Å²) in [6.45, 7) is 5.88. The van der Waals surface area contributed by atoms with E-state index < -0.39 is 0 Å². The molecule has 2 heterocycles. The van der Waals surface area contributed by atoms with Crippen LogP contribution in [0.2, 0.25) is 0 Å². The quantitative estimate of drug-likeness (QED) is 0.805. The van der Waals surface area contributed by atoms with Crippen LogP contribution < -0.4 is 0 Å². The second-order valence-electron chi connectivity index (χ2n) is 4.38. The van der Waals surface area contributed by atoms with Gasteiger partial charge in [0.05, 0.1) is 12.1 Å². The number of thiazole rings is 1. The smallest absolute Gasteiger partial charge is 0.228 e. The molecule has 2 aromatic rings. The van der Waals surface area contributed by atoms with Crippen molar-refractivity contribution in [1.29, 1.82) is 0 Å². The predicted octanol–water partition coefficient (Wildman–Crippen LogP) is 2.59. The van der Waals surface area contributed by atoms with Crippen LogP contribution in [0.5, 0.6) is 0 Å². The maximum absolute atomic E-state index is 12.2. The molecule has 98 valence electrons. The molecule has 0 saturated carbocycles. The minimum atomic E-state index is 0.185. The zero-order valence-electron chi connectivity index (χ0n) is 10.9. The maximum Gasteiger partial charge on any atom is 0.228 e. The second kappa shape index (κ2) is 6.00. The van der Waals surface area contributed by atoms with Gasteiger partial charge in [-0.15, -0.1) is 11.3 Å². The molecule has 5 heteroatoms. The highest BCUT2D eigenvalue weighted by Gasteiger charge is 2.14. The highest BCUT2D eigenvalue weighted by molar-refractivity contribution is 7.15. The molecule has 0 bridgehead atoms. The van der Waals surface area contributed by atoms with E-state index in [1.165, 1.54) is 0 Å². The van der Waals surface area contributed by atoms with E-state index in [1.807, 2.05) is 27.1 Å². The number of amides is 1. The van der Waals surface area contributed by atoms with Gasteiger partial charge in [0.1, 0.15) is 0 Å². The van der Waals surface area contributed by atoms with Gasteiger partial charge in [-0.05, 0) is 12.8 Å². The fourth-order valence-corrected chi connectivity index (χ4v) is 2.75. The topological polar surface area (TPSA) is 37.6 Å². The Kier molecular flexibility index (Phi) is 4.36. The van der Waals surface area contributed by atoms with Crippen LogP contribution in [0.4, 0.5) is 0 Å². The number of hydrogen-bond acceptors (Lipinski definition) is 3. The fraction of sp³-hybridized carbons (Fsp3) is 0.538. The third-order valence-corrected chi connectivity index (χ3v) is 3.59. The van der Waals surface area contributed by atoms with Crippen molar-refractivity contribution >= 4 is 22.2 Å². The Labute approximate surface area is 111 Å². The second-order valence-corrected chi connectivity index (χ2v) is 5.26. The molecular weight excluding hydrogens is 246 g/mol. The highest BCUT2D eigenvalue weighted by atomic mass is 32.1. The Bertz CT molecular complexity index is 483. The molecule has 0 spiro atoms. The Morgan fingerprint density at radius 2 is 2.11 bits per heavy atom. The summed E-state index contributed by atoms with van der Waals surface area (Å²) in [7, 11) is 0. The van der Waals surface area contributed by atoms with E-state index in [0.717, 1.165) is 36.6 Å². The summed E-state index contributed by atoms with van der Waals surface area (Å²) in [5.74, 6) is 0.185. The third-order valence-electron chi connectivity index (χ3n) is 2.82. The molecule has 0 aromatic carbocycles. The van der Waals surface area contributed by atoms with Crippen LogP contribution in [0.1, 0.15) is 32.4 Å². The maximum atomic E-state index is 12.2. The van der Waals surface area contributed by atoms with Gasteiger partial charge in [0.25, 0.3) is 0 Å². The average Bonchev–Trinajstić information content (AvgIpc) is 2.89. The fourth-order valence-electron chi connectivity index (χ4n) is 2.03. The van der Waals surface area contributed by atoms with Gasteiger partial charge < -0.3 is 4.90 Å². The molecule has 0 N–H and O–H groups in total. The standard InChI is InChI=1S/C13H19N3OS/c1-3-5-15(6-4-2)12(17)9-11-10-16-7-8-18-13(16)14-11/h7-8,10H,3-6,9H2,1-2H3. The number of fused-ring (bicyclic) bond motifs is 1. The van der Waals surface area contributed by atoms with Crippen LogP contribution in [-0.4, -0.2) is 33.3 Å². The first-order valence-corrected chi connectivity index (χ1v) is 7.31. The Hall–Kier alpha value is -1.36. The zero-order chi connectivity index (χ0) is 13.0. The van der Waals surface area contributed by atoms with Crippen molar-refractivity contribution in [1.82, 2.24) is 14.3 Å². The van der Waals surface area contributed by atoms with E-state index in [0.29, 0.717) is 6.42 Å². The van der Waals surface area contributed by atoms with Crippen molar-refractivity contribution in [3.63, 3.8) is 0 Å². The first kappa shape index (κ1) is 13.1.